The molecule has 172 valence electrons. The number of pyridine rings is 1. The van der Waals surface area contributed by atoms with Gasteiger partial charge in [0.25, 0.3) is 5.91 Å². The third kappa shape index (κ3) is 4.46. The monoisotopic (exact) mass is 513 g/mol. The Morgan fingerprint density at radius 1 is 1.19 bits per heavy atom. The maximum absolute atomic E-state index is 14.1. The molecule has 8 nitrogen and oxygen atoms in total. The molecule has 1 amide bonds. The van der Waals surface area contributed by atoms with Crippen molar-refractivity contribution in [2.75, 3.05) is 6.26 Å². The molecule has 0 aliphatic rings. The number of nitrogens with zero attached hydrogens (tertiary/aromatic N) is 4. The summed E-state index contributed by atoms with van der Waals surface area (Å²) in [4.78, 5) is 19.1. The Balaban J connectivity index is 1.87. The van der Waals surface area contributed by atoms with Crippen LogP contribution in [0.25, 0.3) is 5.82 Å². The zero-order valence-corrected chi connectivity index (χ0v) is 18.2. The van der Waals surface area contributed by atoms with Crippen LogP contribution < -0.4 is 5.32 Å². The van der Waals surface area contributed by atoms with E-state index in [1.807, 2.05) is 0 Å². The molecule has 0 aliphatic carbocycles. The molecule has 2 N–H and O–H groups in total. The lowest BCUT2D eigenvalue weighted by atomic mass is 10.2. The maximum Gasteiger partial charge on any atom is 0.496 e. The molecule has 0 atom stereocenters. The van der Waals surface area contributed by atoms with Crippen molar-refractivity contribution in [2.45, 2.75) is 16.9 Å². The van der Waals surface area contributed by atoms with Gasteiger partial charge in [-0.25, -0.2) is 14.4 Å². The average Bonchev–Trinajstić information content (AvgIpc) is 3.12. The zero-order chi connectivity index (χ0) is 23.9. The van der Waals surface area contributed by atoms with Crippen molar-refractivity contribution in [3.8, 4) is 5.82 Å². The summed E-state index contributed by atoms with van der Waals surface area (Å²) >= 11 is 11.4. The summed E-state index contributed by atoms with van der Waals surface area (Å²) in [7, 11) is -6.33. The first-order chi connectivity index (χ1) is 14.7. The number of rotatable bonds is 5. The Bertz CT molecular complexity index is 1280. The molecule has 0 radical (unpaired) electrons. The molecule has 0 spiro atoms. The highest BCUT2D eigenvalue weighted by atomic mass is 35.5. The molecule has 32 heavy (non-hydrogen) atoms. The van der Waals surface area contributed by atoms with Crippen molar-refractivity contribution in [3.05, 3.63) is 64.0 Å². The number of alkyl halides is 3. The van der Waals surface area contributed by atoms with Gasteiger partial charge < -0.3 is 5.32 Å². The number of hydrogen-bond donors (Lipinski definition) is 2. The molecule has 0 saturated carbocycles. The van der Waals surface area contributed by atoms with Gasteiger partial charge in [-0.2, -0.15) is 27.2 Å². The van der Waals surface area contributed by atoms with Crippen molar-refractivity contribution in [1.29, 1.82) is 0 Å². The minimum absolute atomic E-state index is 0.0317. The first-order valence-electron chi connectivity index (χ1n) is 8.43. The number of nitrogens with one attached hydrogen (secondary N) is 1. The summed E-state index contributed by atoms with van der Waals surface area (Å²) in [6.07, 6.45) is 2.37. The van der Waals surface area contributed by atoms with Gasteiger partial charge in [-0.1, -0.05) is 32.5 Å². The normalized spacial score (nSPS) is 13.4. The molecule has 2 aromatic heterocycles. The van der Waals surface area contributed by atoms with Crippen LogP contribution in [0.15, 0.2) is 41.7 Å². The van der Waals surface area contributed by atoms with Crippen LogP contribution in [0, 0.1) is 5.82 Å². The second kappa shape index (κ2) is 8.06. The predicted molar refractivity (Wildman–Crippen MR) is 108 cm³/mol. The maximum atomic E-state index is 14.1. The molecule has 0 bridgehead atoms. The van der Waals surface area contributed by atoms with Gasteiger partial charge in [0.15, 0.2) is 17.5 Å². The van der Waals surface area contributed by atoms with Crippen LogP contribution >= 0.6 is 23.2 Å². The zero-order valence-electron chi connectivity index (χ0n) is 15.9. The van der Waals surface area contributed by atoms with Gasteiger partial charge in [-0.15, -0.1) is 0 Å². The van der Waals surface area contributed by atoms with Gasteiger partial charge in [0.2, 0.25) is 0 Å². The third-order valence-electron chi connectivity index (χ3n) is 4.25. The van der Waals surface area contributed by atoms with Gasteiger partial charge in [-0.3, -0.25) is 9.35 Å². The molecule has 0 saturated heterocycles. The quantitative estimate of drug-likeness (QED) is 0.501. The molecule has 0 unspecified atom stereocenters. The van der Waals surface area contributed by atoms with E-state index in [1.54, 1.807) is 0 Å². The standard InChI is InChI=1S/C17H13Cl2F4N5O3S/c1-32(30,31,17(21,22)23)12-3-9(2-10(18)4-12)16(29)25-7-14-26-8-27-28(14)15-13(20)5-11(19)6-24-15/h2-6,8H,7H2,1H3,(H,25,29)(H,30,31). The first kappa shape index (κ1) is 24.0. The van der Waals surface area contributed by atoms with E-state index in [2.05, 4.69) is 20.4 Å². The minimum atomic E-state index is -6.33. The van der Waals surface area contributed by atoms with Gasteiger partial charge in [-0.05, 0) is 24.3 Å². The Morgan fingerprint density at radius 3 is 2.50 bits per heavy atom. The van der Waals surface area contributed by atoms with Crippen LogP contribution in [0.3, 0.4) is 0 Å². The fourth-order valence-corrected chi connectivity index (χ4v) is 4.01. The predicted octanol–water partition coefficient (Wildman–Crippen LogP) is 3.84. The molecule has 3 rings (SSSR count). The number of halogens is 6. The second-order valence-corrected chi connectivity index (χ2v) is 11.0. The lowest BCUT2D eigenvalue weighted by Crippen LogP contribution is -2.46. The van der Waals surface area contributed by atoms with Gasteiger partial charge in [0, 0.05) is 23.0 Å². The van der Waals surface area contributed by atoms with Crippen molar-refractivity contribution in [3.63, 3.8) is 0 Å². The number of carbonyl (C=O) groups excluding carboxylic acids is 1. The lowest BCUT2D eigenvalue weighted by molar-refractivity contribution is -0.0532. The van der Waals surface area contributed by atoms with E-state index in [-0.39, 0.29) is 34.5 Å². The minimum Gasteiger partial charge on any atom is -0.345 e. The van der Waals surface area contributed by atoms with Gasteiger partial charge in [0.1, 0.15) is 6.33 Å². The van der Waals surface area contributed by atoms with E-state index in [0.29, 0.717) is 12.1 Å². The van der Waals surface area contributed by atoms with Crippen molar-refractivity contribution < 1.29 is 31.1 Å². The van der Waals surface area contributed by atoms with E-state index < -0.39 is 37.0 Å². The summed E-state index contributed by atoms with van der Waals surface area (Å²) in [6.45, 7) is -0.339. The SMILES string of the molecule is CS(=O)(O)(c1cc(Cl)cc(C(=O)NCc2ncnn2-c2ncc(Cl)cc2F)c1)C(F)(F)F. The van der Waals surface area contributed by atoms with Crippen molar-refractivity contribution >= 4 is 38.5 Å². The average molecular weight is 514 g/mol. The van der Waals surface area contributed by atoms with Crippen LogP contribution in [0.5, 0.6) is 0 Å². The number of hydrogen-bond acceptors (Lipinski definition) is 5. The number of benzene rings is 1. The molecular weight excluding hydrogens is 501 g/mol. The van der Waals surface area contributed by atoms with E-state index in [9.17, 15) is 31.1 Å². The number of amides is 1. The molecule has 1 aromatic carbocycles. The van der Waals surface area contributed by atoms with Gasteiger partial charge in [0.05, 0.1) is 16.5 Å². The highest BCUT2D eigenvalue weighted by molar-refractivity contribution is 8.15. The highest BCUT2D eigenvalue weighted by Crippen LogP contribution is 2.46. The summed E-state index contributed by atoms with van der Waals surface area (Å²) < 4.78 is 77.0. The van der Waals surface area contributed by atoms with Crippen molar-refractivity contribution in [1.82, 2.24) is 25.1 Å². The largest absolute Gasteiger partial charge is 0.496 e. The van der Waals surface area contributed by atoms with Crippen molar-refractivity contribution in [2.24, 2.45) is 0 Å². The molecule has 15 heteroatoms. The molecule has 0 fully saturated rings. The Hall–Kier alpha value is -2.61. The highest BCUT2D eigenvalue weighted by Gasteiger charge is 2.53. The molecule has 3 aromatic rings. The third-order valence-corrected chi connectivity index (χ3v) is 7.11. The molecule has 2 heterocycles. The Morgan fingerprint density at radius 2 is 1.88 bits per heavy atom. The topological polar surface area (TPSA) is 110 Å². The summed E-state index contributed by atoms with van der Waals surface area (Å²) in [6, 6.07) is 3.29. The van der Waals surface area contributed by atoms with E-state index >= 15 is 0 Å². The Labute approximate surface area is 187 Å². The summed E-state index contributed by atoms with van der Waals surface area (Å²) in [5, 5.41) is 5.85. The van der Waals surface area contributed by atoms with Crippen LogP contribution in [-0.4, -0.2) is 46.2 Å². The number of aromatic nitrogens is 4. The van der Waals surface area contributed by atoms with Crippen LogP contribution in [0.1, 0.15) is 16.2 Å². The molecular formula is C17H13Cl2F4N5O3S. The fourth-order valence-electron chi connectivity index (χ4n) is 2.49. The van der Waals surface area contributed by atoms with E-state index in [0.717, 1.165) is 23.1 Å². The fraction of sp³-hybridized carbons (Fsp3) is 0.176. The summed E-state index contributed by atoms with van der Waals surface area (Å²) in [5.74, 6) is -1.96. The van der Waals surface area contributed by atoms with E-state index in [1.165, 1.54) is 6.20 Å². The van der Waals surface area contributed by atoms with Crippen LogP contribution in [0.2, 0.25) is 10.0 Å². The smallest absolute Gasteiger partial charge is 0.345 e. The van der Waals surface area contributed by atoms with Gasteiger partial charge >= 0.3 is 5.51 Å². The first-order valence-corrected chi connectivity index (χ1v) is 11.5. The number of carbonyl (C=O) groups is 1. The summed E-state index contributed by atoms with van der Waals surface area (Å²) in [5.41, 5.74) is -5.91. The molecule has 0 aliphatic heterocycles. The van der Waals surface area contributed by atoms with Crippen LogP contribution in [0.4, 0.5) is 17.6 Å². The lowest BCUT2D eigenvalue weighted by Gasteiger charge is -2.40. The van der Waals surface area contributed by atoms with E-state index in [4.69, 9.17) is 23.2 Å². The van der Waals surface area contributed by atoms with Crippen LogP contribution in [-0.2, 0) is 15.9 Å². The Kier molecular flexibility index (Phi) is 6.06. The second-order valence-electron chi connectivity index (χ2n) is 6.63.